The van der Waals surface area contributed by atoms with Crippen LogP contribution >= 0.6 is 0 Å². The van der Waals surface area contributed by atoms with Gasteiger partial charge in [0.15, 0.2) is 0 Å². The maximum Gasteiger partial charge on any atom is 0.243 e. The van der Waals surface area contributed by atoms with E-state index in [0.29, 0.717) is 6.54 Å². The van der Waals surface area contributed by atoms with E-state index >= 15 is 0 Å². The van der Waals surface area contributed by atoms with Gasteiger partial charge in [0.05, 0.1) is 0 Å². The summed E-state index contributed by atoms with van der Waals surface area (Å²) < 4.78 is 0. The molecule has 0 radical (unpaired) electrons. The third-order valence-corrected chi connectivity index (χ3v) is 4.39. The molecule has 0 N–H and O–H groups in total. The van der Waals surface area contributed by atoms with Crippen LogP contribution in [0, 0.1) is 5.41 Å². The molecule has 21 heavy (non-hydrogen) atoms. The molecule has 2 aliphatic rings. The van der Waals surface area contributed by atoms with Crippen molar-refractivity contribution >= 4 is 17.4 Å². The first-order valence-corrected chi connectivity index (χ1v) is 7.33. The Morgan fingerprint density at radius 3 is 2.38 bits per heavy atom. The van der Waals surface area contributed by atoms with Crippen LogP contribution in [0.5, 0.6) is 0 Å². The van der Waals surface area contributed by atoms with Gasteiger partial charge >= 0.3 is 0 Å². The number of amides is 2. The quantitative estimate of drug-likeness (QED) is 0.743. The van der Waals surface area contributed by atoms with Gasteiger partial charge in [-0.05, 0) is 32.3 Å². The summed E-state index contributed by atoms with van der Waals surface area (Å²) in [4.78, 5) is 28.6. The van der Waals surface area contributed by atoms with Crippen LogP contribution in [-0.4, -0.2) is 35.2 Å². The van der Waals surface area contributed by atoms with Crippen LogP contribution in [0.3, 0.4) is 0 Å². The smallest absolute Gasteiger partial charge is 0.243 e. The maximum atomic E-state index is 12.7. The van der Waals surface area contributed by atoms with E-state index in [-0.39, 0.29) is 11.8 Å². The lowest BCUT2D eigenvalue weighted by molar-refractivity contribution is -0.159. The zero-order chi connectivity index (χ0) is 15.2. The summed E-state index contributed by atoms with van der Waals surface area (Å²) in [6.45, 7) is 4.11. The summed E-state index contributed by atoms with van der Waals surface area (Å²) in [5, 5.41) is 0. The van der Waals surface area contributed by atoms with E-state index in [1.807, 2.05) is 30.3 Å². The summed E-state index contributed by atoms with van der Waals surface area (Å²) >= 11 is 0. The third kappa shape index (κ3) is 1.97. The number of hydrogen-bond acceptors (Lipinski definition) is 2. The summed E-state index contributed by atoms with van der Waals surface area (Å²) in [6.07, 6.45) is 1.82. The standard InChI is InChI=1S/C17H20N2O2/c1-17(2)15(20)18(3)14-13(12-8-5-4-6-9-12)10-7-11-19(14)16(17)21/h4-6,8-9H,7,10-11H2,1-3H3. The van der Waals surface area contributed by atoms with Crippen molar-refractivity contribution in [2.75, 3.05) is 13.6 Å². The molecule has 2 aliphatic heterocycles. The van der Waals surface area contributed by atoms with Crippen molar-refractivity contribution in [3.8, 4) is 0 Å². The Morgan fingerprint density at radius 1 is 1.05 bits per heavy atom. The molecule has 2 amide bonds. The van der Waals surface area contributed by atoms with Gasteiger partial charge in [-0.15, -0.1) is 0 Å². The van der Waals surface area contributed by atoms with Crippen molar-refractivity contribution in [2.45, 2.75) is 26.7 Å². The Labute approximate surface area is 125 Å². The van der Waals surface area contributed by atoms with Crippen LogP contribution in [-0.2, 0) is 9.59 Å². The van der Waals surface area contributed by atoms with Crippen LogP contribution in [0.1, 0.15) is 32.3 Å². The summed E-state index contributed by atoms with van der Waals surface area (Å²) in [5.74, 6) is 0.546. The second-order valence-corrected chi connectivity index (χ2v) is 6.22. The molecule has 3 rings (SSSR count). The monoisotopic (exact) mass is 284 g/mol. The number of carbonyl (C=O) groups excluding carboxylic acids is 2. The number of allylic oxidation sites excluding steroid dienone is 1. The Kier molecular flexibility index (Phi) is 3.12. The fourth-order valence-electron chi connectivity index (χ4n) is 3.23. The van der Waals surface area contributed by atoms with Gasteiger partial charge in [-0.25, -0.2) is 0 Å². The van der Waals surface area contributed by atoms with Crippen LogP contribution in [0.4, 0.5) is 0 Å². The van der Waals surface area contributed by atoms with Crippen molar-refractivity contribution in [1.29, 1.82) is 0 Å². The molecular weight excluding hydrogens is 264 g/mol. The second-order valence-electron chi connectivity index (χ2n) is 6.22. The van der Waals surface area contributed by atoms with Gasteiger partial charge in [-0.2, -0.15) is 0 Å². The normalized spacial score (nSPS) is 21.7. The highest BCUT2D eigenvalue weighted by Crippen LogP contribution is 2.39. The zero-order valence-corrected chi connectivity index (χ0v) is 12.7. The molecular formula is C17H20N2O2. The molecule has 0 saturated carbocycles. The average molecular weight is 284 g/mol. The Morgan fingerprint density at radius 2 is 1.71 bits per heavy atom. The minimum absolute atomic E-state index is 0.0891. The summed E-state index contributed by atoms with van der Waals surface area (Å²) in [5.41, 5.74) is 1.20. The first kappa shape index (κ1) is 13.9. The van der Waals surface area contributed by atoms with Crippen molar-refractivity contribution in [1.82, 2.24) is 9.80 Å². The van der Waals surface area contributed by atoms with E-state index in [4.69, 9.17) is 0 Å². The lowest BCUT2D eigenvalue weighted by atomic mass is 9.85. The lowest BCUT2D eigenvalue weighted by Crippen LogP contribution is -2.59. The van der Waals surface area contributed by atoms with Crippen molar-refractivity contribution in [3.63, 3.8) is 0 Å². The molecule has 4 nitrogen and oxygen atoms in total. The van der Waals surface area contributed by atoms with Gasteiger partial charge in [0.25, 0.3) is 0 Å². The highest BCUT2D eigenvalue weighted by atomic mass is 16.2. The number of nitrogens with zero attached hydrogens (tertiary/aromatic N) is 2. The fourth-order valence-corrected chi connectivity index (χ4v) is 3.23. The minimum atomic E-state index is -0.975. The Balaban J connectivity index is 2.17. The fraction of sp³-hybridized carbons (Fsp3) is 0.412. The third-order valence-electron chi connectivity index (χ3n) is 4.39. The highest BCUT2D eigenvalue weighted by molar-refractivity contribution is 6.08. The topological polar surface area (TPSA) is 40.6 Å². The van der Waals surface area contributed by atoms with Gasteiger partial charge in [0.1, 0.15) is 11.2 Å². The molecule has 2 heterocycles. The van der Waals surface area contributed by atoms with Crippen LogP contribution < -0.4 is 0 Å². The summed E-state index contributed by atoms with van der Waals surface area (Å²) in [7, 11) is 1.77. The van der Waals surface area contributed by atoms with E-state index in [9.17, 15) is 9.59 Å². The first-order valence-electron chi connectivity index (χ1n) is 7.33. The lowest BCUT2D eigenvalue weighted by Gasteiger charge is -2.46. The number of hydrogen-bond donors (Lipinski definition) is 0. The van der Waals surface area contributed by atoms with Crippen LogP contribution in [0.15, 0.2) is 36.2 Å². The Hall–Kier alpha value is -2.10. The van der Waals surface area contributed by atoms with Crippen molar-refractivity contribution in [2.24, 2.45) is 5.41 Å². The van der Waals surface area contributed by atoms with Crippen LogP contribution in [0.25, 0.3) is 5.57 Å². The molecule has 0 unspecified atom stereocenters. The van der Waals surface area contributed by atoms with E-state index in [0.717, 1.165) is 29.8 Å². The zero-order valence-electron chi connectivity index (χ0n) is 12.7. The second kappa shape index (κ2) is 4.72. The molecule has 1 aromatic carbocycles. The molecule has 0 aliphatic carbocycles. The van der Waals surface area contributed by atoms with Gasteiger partial charge in [-0.1, -0.05) is 30.3 Å². The predicted octanol–water partition coefficient (Wildman–Crippen LogP) is 2.48. The van der Waals surface area contributed by atoms with Crippen molar-refractivity contribution in [3.05, 3.63) is 41.7 Å². The number of carbonyl (C=O) groups is 2. The van der Waals surface area contributed by atoms with Gasteiger partial charge < -0.3 is 4.90 Å². The number of fused-ring (bicyclic) bond motifs is 1. The molecule has 1 saturated heterocycles. The molecule has 110 valence electrons. The van der Waals surface area contributed by atoms with Gasteiger partial charge in [0.2, 0.25) is 11.8 Å². The van der Waals surface area contributed by atoms with Crippen LogP contribution in [0.2, 0.25) is 0 Å². The average Bonchev–Trinajstić information content (AvgIpc) is 2.51. The van der Waals surface area contributed by atoms with E-state index in [2.05, 4.69) is 0 Å². The largest absolute Gasteiger partial charge is 0.300 e. The first-order chi connectivity index (χ1) is 9.94. The molecule has 1 aromatic rings. The van der Waals surface area contributed by atoms with Gasteiger partial charge in [-0.3, -0.25) is 14.5 Å². The summed E-state index contributed by atoms with van der Waals surface area (Å²) in [6, 6.07) is 10.0. The van der Waals surface area contributed by atoms with E-state index in [1.54, 1.807) is 30.7 Å². The van der Waals surface area contributed by atoms with Gasteiger partial charge in [0, 0.05) is 19.2 Å². The molecule has 0 atom stereocenters. The number of rotatable bonds is 1. The highest BCUT2D eigenvalue weighted by Gasteiger charge is 2.49. The van der Waals surface area contributed by atoms with E-state index in [1.165, 1.54) is 0 Å². The maximum absolute atomic E-state index is 12.7. The predicted molar refractivity (Wildman–Crippen MR) is 80.9 cm³/mol. The molecule has 0 spiro atoms. The van der Waals surface area contributed by atoms with E-state index < -0.39 is 5.41 Å². The molecule has 4 heteroatoms. The molecule has 0 aromatic heterocycles. The SMILES string of the molecule is CN1C(=O)C(C)(C)C(=O)N2CCCC(c3ccccc3)=C12. The van der Waals surface area contributed by atoms with Crippen molar-refractivity contribution < 1.29 is 9.59 Å². The molecule has 1 fully saturated rings. The number of benzene rings is 1. The Bertz CT molecular complexity index is 631. The molecule has 0 bridgehead atoms. The minimum Gasteiger partial charge on any atom is -0.300 e.